The van der Waals surface area contributed by atoms with E-state index in [0.717, 1.165) is 143 Å². The molecule has 0 bridgehead atoms. The second kappa shape index (κ2) is 30.5. The third-order valence-electron chi connectivity index (χ3n) is 19.0. The van der Waals surface area contributed by atoms with Gasteiger partial charge < -0.3 is 27.0 Å². The number of benzene rings is 6. The molecule has 3 aliphatic carbocycles. The SMILES string of the molecule is O=Cc1ccc(Cc2cc3c(=O)n([C@H]4CCCC[C@@H]4O)cnc3c3ccccc23)cn1.O=c1c2cc(Cc3ccc(CO)nc3)c3ccccc3c2ncn1[C@H]1CCCC[C@@H]1O.O=c1c2cc(Cc3ccc(CO)nc3)c3ccccc3c2ncn1[C@H]1CCCC[C@@H]1O.[B].[H-].[Na+]. The van der Waals surface area contributed by atoms with E-state index in [4.69, 9.17) is 0 Å². The van der Waals surface area contributed by atoms with Crippen molar-refractivity contribution < 1.29 is 61.3 Å². The van der Waals surface area contributed by atoms with Gasteiger partial charge in [-0.05, 0) is 144 Å². The van der Waals surface area contributed by atoms with Crippen LogP contribution in [0.4, 0.5) is 0 Å². The minimum Gasteiger partial charge on any atom is -1.00 e. The molecule has 15 rings (SSSR count). The number of aldehydes is 1. The van der Waals surface area contributed by atoms with Crippen LogP contribution in [0.5, 0.6) is 0 Å². The van der Waals surface area contributed by atoms with Crippen LogP contribution in [-0.2, 0) is 32.5 Å². The van der Waals surface area contributed by atoms with Crippen molar-refractivity contribution in [3.05, 3.63) is 246 Å². The van der Waals surface area contributed by atoms with Crippen molar-refractivity contribution in [3.63, 3.8) is 0 Å². The molecule has 20 heteroatoms. The molecule has 5 N–H and O–H groups in total. The fourth-order valence-electron chi connectivity index (χ4n) is 14.1. The van der Waals surface area contributed by atoms with Crippen molar-refractivity contribution in [1.82, 2.24) is 43.6 Å². The van der Waals surface area contributed by atoms with Crippen LogP contribution in [0.25, 0.3) is 65.0 Å². The predicted molar refractivity (Wildman–Crippen MR) is 366 cm³/mol. The average molecular weight is 1280 g/mol. The summed E-state index contributed by atoms with van der Waals surface area (Å²) in [5.41, 5.74) is 9.45. The number of carbonyl (C=O) groups is 1. The number of aliphatic hydroxyl groups excluding tert-OH is 5. The van der Waals surface area contributed by atoms with Gasteiger partial charge >= 0.3 is 29.6 Å². The Morgan fingerprint density at radius 2 is 0.705 bits per heavy atom. The van der Waals surface area contributed by atoms with Crippen LogP contribution in [-0.4, -0.2) is 102 Å². The van der Waals surface area contributed by atoms with E-state index in [1.807, 2.05) is 109 Å². The maximum atomic E-state index is 13.5. The van der Waals surface area contributed by atoms with Crippen LogP contribution >= 0.6 is 0 Å². The maximum Gasteiger partial charge on any atom is 1.00 e. The van der Waals surface area contributed by atoms with Gasteiger partial charge in [0.15, 0.2) is 6.29 Å². The Morgan fingerprint density at radius 1 is 0.400 bits per heavy atom. The molecule has 6 atom stereocenters. The summed E-state index contributed by atoms with van der Waals surface area (Å²) in [5, 5.41) is 57.6. The van der Waals surface area contributed by atoms with Crippen molar-refractivity contribution >= 4 is 79.7 Å². The van der Waals surface area contributed by atoms with Crippen LogP contribution in [0, 0.1) is 0 Å². The zero-order chi connectivity index (χ0) is 64.1. The first kappa shape index (κ1) is 67.9. The van der Waals surface area contributed by atoms with E-state index >= 15 is 0 Å². The van der Waals surface area contributed by atoms with Crippen LogP contribution in [0.3, 0.4) is 0 Å². The van der Waals surface area contributed by atoms with Gasteiger partial charge in [0.2, 0.25) is 0 Å². The van der Waals surface area contributed by atoms with Gasteiger partial charge in [-0.3, -0.25) is 47.8 Å². The predicted octanol–water partition coefficient (Wildman–Crippen LogP) is 7.57. The summed E-state index contributed by atoms with van der Waals surface area (Å²) < 4.78 is 4.87. The Hall–Kier alpha value is -8.50. The van der Waals surface area contributed by atoms with Crippen LogP contribution in [0.1, 0.15) is 152 Å². The number of nitrogens with zero attached hydrogens (tertiary/aromatic N) is 9. The molecule has 0 unspecified atom stereocenters. The second-order valence-corrected chi connectivity index (χ2v) is 24.9. The molecule has 3 fully saturated rings. The largest absolute Gasteiger partial charge is 1.00 e. The minimum absolute atomic E-state index is 0. The number of hydrogen-bond acceptors (Lipinski definition) is 15. The van der Waals surface area contributed by atoms with Crippen LogP contribution < -0.4 is 46.2 Å². The number of aromatic nitrogens is 9. The molecule has 6 aromatic heterocycles. The van der Waals surface area contributed by atoms with Gasteiger partial charge in [0, 0.05) is 43.2 Å². The second-order valence-electron chi connectivity index (χ2n) is 24.9. The number of pyridine rings is 3. The zero-order valence-electron chi connectivity index (χ0n) is 54.1. The zero-order valence-corrected chi connectivity index (χ0v) is 55.1. The van der Waals surface area contributed by atoms with E-state index in [2.05, 4.69) is 42.0 Å². The topological polar surface area (TPSA) is 262 Å². The molecule has 0 aliphatic heterocycles. The normalized spacial score (nSPS) is 18.7. The molecule has 0 spiro atoms. The monoisotopic (exact) mass is 1280 g/mol. The molecular formula is C75H74BN9NaO9. The van der Waals surface area contributed by atoms with Gasteiger partial charge in [-0.2, -0.15) is 0 Å². The first-order valence-corrected chi connectivity index (χ1v) is 32.2. The summed E-state index contributed by atoms with van der Waals surface area (Å²) in [6.45, 7) is -0.172. The van der Waals surface area contributed by atoms with Gasteiger partial charge in [0.1, 0.15) is 5.69 Å². The molecule has 0 amide bonds. The minimum atomic E-state index is -0.520. The Morgan fingerprint density at radius 3 is 0.979 bits per heavy atom. The van der Waals surface area contributed by atoms with Crippen molar-refractivity contribution in [3.8, 4) is 0 Å². The molecule has 18 nitrogen and oxygen atoms in total. The average Bonchev–Trinajstić information content (AvgIpc) is 0.768. The molecule has 95 heavy (non-hydrogen) atoms. The summed E-state index contributed by atoms with van der Waals surface area (Å²) in [4.78, 5) is 78.0. The molecule has 3 saturated carbocycles. The third kappa shape index (κ3) is 14.3. The molecule has 6 aromatic carbocycles. The van der Waals surface area contributed by atoms with Gasteiger partial charge in [-0.1, -0.05) is 130 Å². The summed E-state index contributed by atoms with van der Waals surface area (Å²) in [6.07, 6.45) is 21.5. The Balaban J connectivity index is 0.000000154. The Labute approximate surface area is 573 Å². The number of hydrogen-bond donors (Lipinski definition) is 5. The van der Waals surface area contributed by atoms with Gasteiger partial charge in [-0.25, -0.2) is 15.0 Å². The standard InChI is InChI=1S/2C25H25N3O3.C25H23N3O3.B.Na.H/c3*29-14-18-10-9-16(13-26-18)11-17-12-21-24(20-6-2-1-5-19(17)20)27-15-28(25(21)31)22-7-3-4-8-23(22)30;;;/h2*1-2,5-6,9-10,12-13,15,22-23,29-30H,3-4,7-8,11,14H2;1-2,5-6,9-10,12-15,22-23,30H,3-4,7-8,11H2;;;/q;;;;+1;-1/t3*22-,23-;;;/m000.../s1. The molecule has 3 radical (unpaired) electrons. The quantitative estimate of drug-likeness (QED) is 0.0449. The summed E-state index contributed by atoms with van der Waals surface area (Å²) in [6, 6.07) is 40.2. The van der Waals surface area contributed by atoms with E-state index in [9.17, 15) is 44.7 Å². The number of fused-ring (bicyclic) bond motifs is 9. The molecule has 12 aromatic rings. The van der Waals surface area contributed by atoms with Gasteiger partial charge in [-0.15, -0.1) is 0 Å². The molecule has 477 valence electrons. The van der Waals surface area contributed by atoms with Gasteiger partial charge in [0.05, 0.1) is 113 Å². The smallest absolute Gasteiger partial charge is 1.00 e. The maximum absolute atomic E-state index is 13.5. The van der Waals surface area contributed by atoms with E-state index in [1.54, 1.807) is 57.3 Å². The van der Waals surface area contributed by atoms with Crippen molar-refractivity contribution in [2.75, 3.05) is 0 Å². The van der Waals surface area contributed by atoms with E-state index in [-0.39, 0.29) is 87.4 Å². The van der Waals surface area contributed by atoms with E-state index in [0.29, 0.717) is 75.5 Å². The third-order valence-corrected chi connectivity index (χ3v) is 19.0. The Bertz CT molecular complexity index is 4720. The van der Waals surface area contributed by atoms with Crippen molar-refractivity contribution in [2.24, 2.45) is 0 Å². The fourth-order valence-corrected chi connectivity index (χ4v) is 14.1. The first-order chi connectivity index (χ1) is 45.5. The number of aliphatic hydroxyl groups is 5. The van der Waals surface area contributed by atoms with E-state index in [1.165, 1.54) is 0 Å². The van der Waals surface area contributed by atoms with Crippen molar-refractivity contribution in [1.29, 1.82) is 0 Å². The first-order valence-electron chi connectivity index (χ1n) is 32.2. The van der Waals surface area contributed by atoms with Crippen LogP contribution in [0.15, 0.2) is 179 Å². The molecule has 6 heterocycles. The fraction of sp³-hybridized carbons (Fsp3) is 0.307. The summed E-state index contributed by atoms with van der Waals surface area (Å²) in [7, 11) is 0. The van der Waals surface area contributed by atoms with E-state index < -0.39 is 18.3 Å². The number of rotatable bonds is 12. The molecule has 0 saturated heterocycles. The Kier molecular flexibility index (Phi) is 21.8. The summed E-state index contributed by atoms with van der Waals surface area (Å²) >= 11 is 0. The van der Waals surface area contributed by atoms with Gasteiger partial charge in [0.25, 0.3) is 16.7 Å². The molecular weight excluding hydrogens is 1200 g/mol. The number of carbonyl (C=O) groups excluding carboxylic acids is 1. The van der Waals surface area contributed by atoms with Crippen molar-refractivity contribution in [2.45, 2.75) is 146 Å². The molecule has 3 aliphatic rings. The summed E-state index contributed by atoms with van der Waals surface area (Å²) in [5.74, 6) is 0. The van der Waals surface area contributed by atoms with Crippen LogP contribution in [0.2, 0.25) is 0 Å².